The lowest BCUT2D eigenvalue weighted by atomic mass is 10.2. The fourth-order valence-electron chi connectivity index (χ4n) is 1.09. The fraction of sp³-hybridized carbons (Fsp3) is 0.125. The van der Waals surface area contributed by atoms with Crippen LogP contribution < -0.4 is 10.5 Å². The molecule has 0 atom stereocenters. The van der Waals surface area contributed by atoms with Gasteiger partial charge in [0.25, 0.3) is 0 Å². The van der Waals surface area contributed by atoms with Gasteiger partial charge in [-0.05, 0) is 6.07 Å². The predicted octanol–water partition coefficient (Wildman–Crippen LogP) is 1.30. The topological polar surface area (TPSA) is 61.5 Å². The number of cyclic esters (lactones) is 1. The number of ether oxygens (including phenoxy) is 2. The Labute approximate surface area is 68.9 Å². The van der Waals surface area contributed by atoms with E-state index in [-0.39, 0.29) is 6.61 Å². The zero-order valence-corrected chi connectivity index (χ0v) is 6.24. The molecule has 4 nitrogen and oxygen atoms in total. The lowest BCUT2D eigenvalue weighted by Gasteiger charge is -2.16. The van der Waals surface area contributed by atoms with E-state index in [9.17, 15) is 4.79 Å². The maximum absolute atomic E-state index is 10.7. The van der Waals surface area contributed by atoms with Crippen LogP contribution >= 0.6 is 0 Å². The number of hydrogen-bond acceptors (Lipinski definition) is 4. The summed E-state index contributed by atoms with van der Waals surface area (Å²) in [7, 11) is 0. The SMILES string of the molecule is Nc1cccc2c1OC(=O)OC2. The van der Waals surface area contributed by atoms with Crippen LogP contribution in [0.15, 0.2) is 18.2 Å². The molecule has 0 spiro atoms. The Morgan fingerprint density at radius 3 is 3.08 bits per heavy atom. The van der Waals surface area contributed by atoms with Crippen molar-refractivity contribution in [2.75, 3.05) is 5.73 Å². The highest BCUT2D eigenvalue weighted by Gasteiger charge is 2.19. The van der Waals surface area contributed by atoms with Crippen molar-refractivity contribution in [3.05, 3.63) is 23.8 Å². The smallest absolute Gasteiger partial charge is 0.429 e. The fourth-order valence-corrected chi connectivity index (χ4v) is 1.09. The molecule has 0 unspecified atom stereocenters. The number of carbonyl (C=O) groups excluding carboxylic acids is 1. The first-order valence-corrected chi connectivity index (χ1v) is 3.49. The Morgan fingerprint density at radius 2 is 2.25 bits per heavy atom. The molecular formula is C8H7NO3. The first-order valence-electron chi connectivity index (χ1n) is 3.49. The van der Waals surface area contributed by atoms with Crippen molar-refractivity contribution in [1.82, 2.24) is 0 Å². The van der Waals surface area contributed by atoms with Crippen LogP contribution in [0.25, 0.3) is 0 Å². The predicted molar refractivity (Wildman–Crippen MR) is 41.7 cm³/mol. The number of anilines is 1. The van der Waals surface area contributed by atoms with Gasteiger partial charge in [0.15, 0.2) is 5.75 Å². The van der Waals surface area contributed by atoms with E-state index in [0.29, 0.717) is 11.4 Å². The van der Waals surface area contributed by atoms with E-state index in [1.54, 1.807) is 18.2 Å². The van der Waals surface area contributed by atoms with Gasteiger partial charge in [0.05, 0.1) is 5.69 Å². The zero-order valence-electron chi connectivity index (χ0n) is 6.24. The Morgan fingerprint density at radius 1 is 1.42 bits per heavy atom. The third kappa shape index (κ3) is 0.972. The molecule has 12 heavy (non-hydrogen) atoms. The molecule has 2 N–H and O–H groups in total. The summed E-state index contributed by atoms with van der Waals surface area (Å²) in [5.74, 6) is 0.425. The highest BCUT2D eigenvalue weighted by atomic mass is 16.7. The number of rotatable bonds is 0. The summed E-state index contributed by atoms with van der Waals surface area (Å²) < 4.78 is 9.42. The maximum atomic E-state index is 10.7. The Hall–Kier alpha value is -1.71. The molecule has 0 fully saturated rings. The van der Waals surface area contributed by atoms with Gasteiger partial charge in [-0.15, -0.1) is 0 Å². The van der Waals surface area contributed by atoms with Crippen molar-refractivity contribution in [2.45, 2.75) is 6.61 Å². The Bertz CT molecular complexity index is 335. The van der Waals surface area contributed by atoms with Gasteiger partial charge in [-0.25, -0.2) is 4.79 Å². The molecular weight excluding hydrogens is 158 g/mol. The number of para-hydroxylation sites is 1. The highest BCUT2D eigenvalue weighted by Crippen LogP contribution is 2.30. The molecule has 0 saturated heterocycles. The summed E-state index contributed by atoms with van der Waals surface area (Å²) >= 11 is 0. The maximum Gasteiger partial charge on any atom is 0.514 e. The second-order valence-corrected chi connectivity index (χ2v) is 2.48. The second kappa shape index (κ2) is 2.41. The summed E-state index contributed by atoms with van der Waals surface area (Å²) in [6.07, 6.45) is -0.694. The molecule has 1 aromatic carbocycles. The van der Waals surface area contributed by atoms with Crippen LogP contribution in [0.1, 0.15) is 5.56 Å². The van der Waals surface area contributed by atoms with Gasteiger partial charge in [-0.2, -0.15) is 0 Å². The summed E-state index contributed by atoms with van der Waals surface area (Å²) in [5.41, 5.74) is 6.83. The van der Waals surface area contributed by atoms with Gasteiger partial charge < -0.3 is 15.2 Å². The van der Waals surface area contributed by atoms with Gasteiger partial charge >= 0.3 is 6.16 Å². The molecule has 0 radical (unpaired) electrons. The number of benzene rings is 1. The van der Waals surface area contributed by atoms with E-state index in [1.165, 1.54) is 0 Å². The molecule has 2 rings (SSSR count). The van der Waals surface area contributed by atoms with E-state index in [0.717, 1.165) is 5.56 Å². The summed E-state index contributed by atoms with van der Waals surface area (Å²) in [5, 5.41) is 0. The summed E-state index contributed by atoms with van der Waals surface area (Å²) in [6.45, 7) is 0.235. The van der Waals surface area contributed by atoms with E-state index in [1.807, 2.05) is 0 Å². The molecule has 0 aliphatic carbocycles. The van der Waals surface area contributed by atoms with Crippen LogP contribution in [0.5, 0.6) is 5.75 Å². The van der Waals surface area contributed by atoms with Crippen molar-refractivity contribution in [2.24, 2.45) is 0 Å². The van der Waals surface area contributed by atoms with E-state index < -0.39 is 6.16 Å². The quantitative estimate of drug-likeness (QED) is 0.357. The van der Waals surface area contributed by atoms with Crippen molar-refractivity contribution in [1.29, 1.82) is 0 Å². The molecule has 0 amide bonds. The van der Waals surface area contributed by atoms with E-state index in [4.69, 9.17) is 10.5 Å². The number of hydrogen-bond donors (Lipinski definition) is 1. The third-order valence-electron chi connectivity index (χ3n) is 1.66. The standard InChI is InChI=1S/C8H7NO3/c9-6-3-1-2-5-4-11-8(10)12-7(5)6/h1-3H,4,9H2. The molecule has 1 aliphatic rings. The van der Waals surface area contributed by atoms with Gasteiger partial charge in [0.1, 0.15) is 6.61 Å². The molecule has 62 valence electrons. The Kier molecular flexibility index (Phi) is 1.40. The number of nitrogen functional groups attached to an aromatic ring is 1. The Balaban J connectivity index is 2.50. The number of fused-ring (bicyclic) bond motifs is 1. The lowest BCUT2D eigenvalue weighted by molar-refractivity contribution is 0.0789. The van der Waals surface area contributed by atoms with Crippen LogP contribution in [-0.2, 0) is 11.3 Å². The molecule has 1 heterocycles. The van der Waals surface area contributed by atoms with Gasteiger partial charge in [-0.3, -0.25) is 0 Å². The molecule has 0 aromatic heterocycles. The normalized spacial score (nSPS) is 14.5. The first-order chi connectivity index (χ1) is 5.77. The molecule has 1 aromatic rings. The molecule has 1 aliphatic heterocycles. The van der Waals surface area contributed by atoms with Crippen LogP contribution in [-0.4, -0.2) is 6.16 Å². The van der Waals surface area contributed by atoms with Crippen LogP contribution in [0.3, 0.4) is 0 Å². The molecule has 0 saturated carbocycles. The minimum absolute atomic E-state index is 0.235. The molecule has 4 heteroatoms. The van der Waals surface area contributed by atoms with Crippen molar-refractivity contribution in [3.63, 3.8) is 0 Å². The number of carbonyl (C=O) groups is 1. The lowest BCUT2D eigenvalue weighted by Crippen LogP contribution is -2.18. The second-order valence-electron chi connectivity index (χ2n) is 2.48. The van der Waals surface area contributed by atoms with Crippen molar-refractivity contribution in [3.8, 4) is 5.75 Å². The van der Waals surface area contributed by atoms with Gasteiger partial charge in [-0.1, -0.05) is 12.1 Å². The van der Waals surface area contributed by atoms with Gasteiger partial charge in [0.2, 0.25) is 0 Å². The first kappa shape index (κ1) is 6.97. The minimum Gasteiger partial charge on any atom is -0.429 e. The van der Waals surface area contributed by atoms with Crippen molar-refractivity contribution < 1.29 is 14.3 Å². The largest absolute Gasteiger partial charge is 0.514 e. The van der Waals surface area contributed by atoms with Crippen LogP contribution in [0.2, 0.25) is 0 Å². The van der Waals surface area contributed by atoms with Crippen molar-refractivity contribution >= 4 is 11.8 Å². The number of nitrogens with two attached hydrogens (primary N) is 1. The van der Waals surface area contributed by atoms with E-state index >= 15 is 0 Å². The molecule has 0 bridgehead atoms. The third-order valence-corrected chi connectivity index (χ3v) is 1.66. The summed E-state index contributed by atoms with van der Waals surface area (Å²) in [4.78, 5) is 10.7. The minimum atomic E-state index is -0.694. The summed E-state index contributed by atoms with van der Waals surface area (Å²) in [6, 6.07) is 5.27. The zero-order chi connectivity index (χ0) is 8.55. The van der Waals surface area contributed by atoms with Gasteiger partial charge in [0, 0.05) is 5.56 Å². The van der Waals surface area contributed by atoms with Crippen LogP contribution in [0.4, 0.5) is 10.5 Å². The average Bonchev–Trinajstić information content (AvgIpc) is 2.07. The monoisotopic (exact) mass is 165 g/mol. The highest BCUT2D eigenvalue weighted by molar-refractivity contribution is 5.71. The average molecular weight is 165 g/mol. The van der Waals surface area contributed by atoms with Crippen LogP contribution in [0, 0.1) is 0 Å². The van der Waals surface area contributed by atoms with E-state index in [2.05, 4.69) is 4.74 Å².